The summed E-state index contributed by atoms with van der Waals surface area (Å²) in [5.41, 5.74) is 2.30. The van der Waals surface area contributed by atoms with Gasteiger partial charge in [-0.3, -0.25) is 9.20 Å². The minimum atomic E-state index is -0.655. The van der Waals surface area contributed by atoms with E-state index in [0.717, 1.165) is 29.7 Å². The molecule has 3 aromatic rings. The summed E-state index contributed by atoms with van der Waals surface area (Å²) in [5, 5.41) is 17.5. The van der Waals surface area contributed by atoms with Crippen molar-refractivity contribution in [1.82, 2.24) is 30.2 Å². The lowest BCUT2D eigenvalue weighted by Crippen LogP contribution is -2.50. The van der Waals surface area contributed by atoms with Crippen molar-refractivity contribution in [3.05, 3.63) is 24.0 Å². The van der Waals surface area contributed by atoms with Gasteiger partial charge in [-0.05, 0) is 43.7 Å². The Hall–Kier alpha value is -3.67. The molecule has 0 aliphatic carbocycles. The van der Waals surface area contributed by atoms with E-state index in [2.05, 4.69) is 26.1 Å². The topological polar surface area (TPSA) is 141 Å². The normalized spacial score (nSPS) is 12.2. The van der Waals surface area contributed by atoms with Gasteiger partial charge in [-0.1, -0.05) is 27.7 Å². The number of aromatic nitrogens is 4. The van der Waals surface area contributed by atoms with Gasteiger partial charge in [0.2, 0.25) is 11.6 Å². The molecule has 0 radical (unpaired) electrons. The van der Waals surface area contributed by atoms with E-state index >= 15 is 0 Å². The van der Waals surface area contributed by atoms with Crippen LogP contribution in [0, 0.1) is 18.8 Å². The molecule has 12 nitrogen and oxygen atoms in total. The summed E-state index contributed by atoms with van der Waals surface area (Å²) in [5.74, 6) is 2.03. The first kappa shape index (κ1) is 29.9. The third-order valence-corrected chi connectivity index (χ3v) is 5.98. The summed E-state index contributed by atoms with van der Waals surface area (Å²) in [7, 11) is 1.63. The highest BCUT2D eigenvalue weighted by Gasteiger charge is 2.24. The minimum Gasteiger partial charge on any atom is -0.491 e. The van der Waals surface area contributed by atoms with Crippen LogP contribution in [0.25, 0.3) is 16.7 Å². The third-order valence-electron chi connectivity index (χ3n) is 5.98. The van der Waals surface area contributed by atoms with Crippen molar-refractivity contribution in [1.29, 1.82) is 0 Å². The minimum absolute atomic E-state index is 0.0721. The molecule has 2 amide bonds. The molecule has 0 aliphatic heterocycles. The second-order valence-corrected chi connectivity index (χ2v) is 10.1. The van der Waals surface area contributed by atoms with E-state index in [1.165, 1.54) is 0 Å². The number of carbonyl (C=O) groups excluding carboxylic acids is 2. The van der Waals surface area contributed by atoms with Crippen molar-refractivity contribution in [2.24, 2.45) is 11.8 Å². The molecule has 0 aliphatic rings. The first-order valence-corrected chi connectivity index (χ1v) is 13.4. The van der Waals surface area contributed by atoms with Gasteiger partial charge in [-0.25, -0.2) is 9.78 Å². The Balaban J connectivity index is 1.53. The maximum absolute atomic E-state index is 12.7. The first-order chi connectivity index (χ1) is 18.7. The molecule has 0 spiro atoms. The molecule has 3 N–H and O–H groups in total. The van der Waals surface area contributed by atoms with Crippen LogP contribution in [-0.2, 0) is 14.3 Å². The van der Waals surface area contributed by atoms with Crippen LogP contribution >= 0.6 is 0 Å². The molecule has 0 fully saturated rings. The fourth-order valence-electron chi connectivity index (χ4n) is 3.93. The molecule has 0 bridgehead atoms. The molecule has 214 valence electrons. The molecule has 2 heterocycles. The van der Waals surface area contributed by atoms with Gasteiger partial charge in [0.15, 0.2) is 5.82 Å². The molecule has 12 heteroatoms. The Morgan fingerprint density at radius 3 is 2.54 bits per heavy atom. The monoisotopic (exact) mass is 543 g/mol. The number of alkyl carbamates (subject to hydrolysis) is 1. The Labute approximate surface area is 229 Å². The number of unbranched alkanes of at least 4 members (excludes halogenated alkanes) is 1. The maximum Gasteiger partial charge on any atom is 0.407 e. The molecule has 1 atom stereocenters. The average molecular weight is 544 g/mol. The number of rotatable bonds is 15. The number of hydrogen-bond donors (Lipinski definition) is 3. The molecule has 0 saturated heterocycles. The fourth-order valence-corrected chi connectivity index (χ4v) is 3.93. The summed E-state index contributed by atoms with van der Waals surface area (Å²) in [6.45, 7) is 12.0. The number of amides is 2. The van der Waals surface area contributed by atoms with Crippen LogP contribution in [0.15, 0.2) is 18.2 Å². The standard InChI is InChI=1S/C27H41N7O5/c1-17(2)16-39-27(36)31-23(18(3)4)26(35)29-12-8-7-11-28-24-25-33-32-19(5)34(25)22-10-9-20(15-21(22)30-24)38-14-13-37-6/h9-10,15,17-18,23H,7-8,11-14,16H2,1-6H3,(H,28,30)(H,29,35)(H,31,36). The average Bonchev–Trinajstić information content (AvgIpc) is 3.29. The molecule has 1 aromatic carbocycles. The first-order valence-electron chi connectivity index (χ1n) is 13.4. The predicted octanol–water partition coefficient (Wildman–Crippen LogP) is 3.33. The molecule has 0 saturated carbocycles. The number of carbonyl (C=O) groups is 2. The third kappa shape index (κ3) is 8.41. The van der Waals surface area contributed by atoms with Gasteiger partial charge in [0.1, 0.15) is 24.2 Å². The predicted molar refractivity (Wildman–Crippen MR) is 149 cm³/mol. The number of methoxy groups -OCH3 is 1. The van der Waals surface area contributed by atoms with Gasteiger partial charge in [0.05, 0.1) is 24.2 Å². The zero-order chi connectivity index (χ0) is 28.4. The number of hydrogen-bond acceptors (Lipinski definition) is 9. The highest BCUT2D eigenvalue weighted by atomic mass is 16.5. The molecule has 1 unspecified atom stereocenters. The largest absolute Gasteiger partial charge is 0.491 e. The summed E-state index contributed by atoms with van der Waals surface area (Å²) < 4.78 is 17.9. The van der Waals surface area contributed by atoms with Crippen LogP contribution in [0.1, 0.15) is 46.4 Å². The highest BCUT2D eigenvalue weighted by Crippen LogP contribution is 2.25. The van der Waals surface area contributed by atoms with Gasteiger partial charge in [0, 0.05) is 26.3 Å². The van der Waals surface area contributed by atoms with Crippen molar-refractivity contribution in [3.63, 3.8) is 0 Å². The summed E-state index contributed by atoms with van der Waals surface area (Å²) in [6.07, 6.45) is 0.956. The van der Waals surface area contributed by atoms with Gasteiger partial charge in [-0.15, -0.1) is 10.2 Å². The van der Waals surface area contributed by atoms with Gasteiger partial charge >= 0.3 is 6.09 Å². The number of aryl methyl sites for hydroxylation is 1. The fraction of sp³-hybridized carbons (Fsp3) is 0.593. The SMILES string of the molecule is COCCOc1ccc2c(c1)nc(NCCCCNC(=O)C(NC(=O)OCC(C)C)C(C)C)c1nnc(C)n12. The molecule has 2 aromatic heterocycles. The second-order valence-electron chi connectivity index (χ2n) is 10.1. The van der Waals surface area contributed by atoms with E-state index in [1.54, 1.807) is 7.11 Å². The molecular weight excluding hydrogens is 502 g/mol. The molecule has 39 heavy (non-hydrogen) atoms. The summed E-state index contributed by atoms with van der Waals surface area (Å²) in [6, 6.07) is 5.08. The van der Waals surface area contributed by atoms with E-state index in [0.29, 0.717) is 50.1 Å². The number of benzene rings is 1. The number of anilines is 1. The van der Waals surface area contributed by atoms with Crippen molar-refractivity contribution >= 4 is 34.5 Å². The zero-order valence-electron chi connectivity index (χ0n) is 23.7. The molecule has 3 rings (SSSR count). The second kappa shape index (κ2) is 14.5. The van der Waals surface area contributed by atoms with E-state index in [9.17, 15) is 9.59 Å². The number of fused-ring (bicyclic) bond motifs is 3. The zero-order valence-corrected chi connectivity index (χ0v) is 23.7. The molecular formula is C27H41N7O5. The maximum atomic E-state index is 12.7. The lowest BCUT2D eigenvalue weighted by Gasteiger charge is -2.21. The van der Waals surface area contributed by atoms with E-state index < -0.39 is 12.1 Å². The lowest BCUT2D eigenvalue weighted by atomic mass is 10.0. The van der Waals surface area contributed by atoms with Crippen molar-refractivity contribution in [3.8, 4) is 5.75 Å². The Morgan fingerprint density at radius 1 is 1.05 bits per heavy atom. The smallest absolute Gasteiger partial charge is 0.407 e. The van der Waals surface area contributed by atoms with Crippen LogP contribution < -0.4 is 20.7 Å². The number of ether oxygens (including phenoxy) is 3. The van der Waals surface area contributed by atoms with Gasteiger partial charge in [-0.2, -0.15) is 0 Å². The van der Waals surface area contributed by atoms with Crippen LogP contribution in [0.3, 0.4) is 0 Å². The van der Waals surface area contributed by atoms with Crippen molar-refractivity contribution < 1.29 is 23.8 Å². The van der Waals surface area contributed by atoms with E-state index in [-0.39, 0.29) is 17.7 Å². The van der Waals surface area contributed by atoms with E-state index in [1.807, 2.05) is 57.2 Å². The van der Waals surface area contributed by atoms with Gasteiger partial charge in [0.25, 0.3) is 0 Å². The van der Waals surface area contributed by atoms with Crippen molar-refractivity contribution in [2.45, 2.75) is 53.5 Å². The van der Waals surface area contributed by atoms with E-state index in [4.69, 9.17) is 19.2 Å². The van der Waals surface area contributed by atoms with Crippen LogP contribution in [0.4, 0.5) is 10.6 Å². The van der Waals surface area contributed by atoms with Crippen molar-refractivity contribution in [2.75, 3.05) is 45.3 Å². The Morgan fingerprint density at radius 2 is 1.82 bits per heavy atom. The van der Waals surface area contributed by atoms with Gasteiger partial charge < -0.3 is 30.2 Å². The highest BCUT2D eigenvalue weighted by molar-refractivity contribution is 5.86. The van der Waals surface area contributed by atoms with Crippen LogP contribution in [-0.4, -0.2) is 77.6 Å². The lowest BCUT2D eigenvalue weighted by molar-refractivity contribution is -0.124. The Bertz CT molecular complexity index is 1240. The van der Waals surface area contributed by atoms with Crippen LogP contribution in [0.5, 0.6) is 5.75 Å². The number of nitrogens with one attached hydrogen (secondary N) is 3. The quantitative estimate of drug-likeness (QED) is 0.246. The Kier molecular flexibility index (Phi) is 11.1. The summed E-state index contributed by atoms with van der Waals surface area (Å²) >= 11 is 0. The summed E-state index contributed by atoms with van der Waals surface area (Å²) in [4.78, 5) is 29.5. The number of nitrogens with zero attached hydrogens (tertiary/aromatic N) is 4. The van der Waals surface area contributed by atoms with Crippen LogP contribution in [0.2, 0.25) is 0 Å².